The fraction of sp³-hybridized carbons (Fsp3) is 0.735. The lowest BCUT2D eigenvalue weighted by atomic mass is 9.47. The molecule has 0 bridgehead atoms. The zero-order chi connectivity index (χ0) is 27.9. The number of fused-ring (bicyclic) bond motifs is 5. The molecule has 0 spiro atoms. The molecule has 39 heavy (non-hydrogen) atoms. The molecule has 216 valence electrons. The third kappa shape index (κ3) is 5.78. The van der Waals surface area contributed by atoms with Gasteiger partial charge in [-0.2, -0.15) is 0 Å². The molecule has 0 aliphatic heterocycles. The van der Waals surface area contributed by atoms with E-state index >= 15 is 0 Å². The van der Waals surface area contributed by atoms with Gasteiger partial charge in [-0.3, -0.25) is 5.32 Å². The summed E-state index contributed by atoms with van der Waals surface area (Å²) in [5, 5.41) is 3.71. The Morgan fingerprint density at radius 3 is 2.56 bits per heavy atom. The first-order chi connectivity index (χ1) is 18.5. The van der Waals surface area contributed by atoms with Gasteiger partial charge in [0.25, 0.3) is 0 Å². The monoisotopic (exact) mass is 573 g/mol. The van der Waals surface area contributed by atoms with Crippen molar-refractivity contribution in [3.8, 4) is 0 Å². The summed E-state index contributed by atoms with van der Waals surface area (Å²) < 4.78 is 5.90. The molecule has 4 aliphatic carbocycles. The van der Waals surface area contributed by atoms with Gasteiger partial charge in [-0.05, 0) is 109 Å². The first-order valence-electron chi connectivity index (χ1n) is 15.6. The SMILES string of the molecule is CC(C)CCC[C@H](C)[C@@H]1CC[C@@H]2[C@@H]3CC=C4C[C@H](OC(=O)Nc5ccc(Cl)c(Cl)c5)CC[C@]4(C)[C@H]3CC[C@@]21C. The highest BCUT2D eigenvalue weighted by molar-refractivity contribution is 6.42. The zero-order valence-corrected chi connectivity index (χ0v) is 26.2. The minimum atomic E-state index is -0.413. The molecule has 0 saturated heterocycles. The van der Waals surface area contributed by atoms with Crippen molar-refractivity contribution < 1.29 is 9.53 Å². The molecule has 0 aromatic heterocycles. The summed E-state index contributed by atoms with van der Waals surface area (Å²) in [6, 6.07) is 5.09. The summed E-state index contributed by atoms with van der Waals surface area (Å²) in [6.07, 6.45) is 16.0. The second kappa shape index (κ2) is 11.6. The van der Waals surface area contributed by atoms with E-state index in [-0.39, 0.29) is 11.5 Å². The predicted molar refractivity (Wildman–Crippen MR) is 163 cm³/mol. The van der Waals surface area contributed by atoms with Crippen LogP contribution >= 0.6 is 23.2 Å². The van der Waals surface area contributed by atoms with Crippen LogP contribution in [0.15, 0.2) is 29.8 Å². The van der Waals surface area contributed by atoms with Gasteiger partial charge in [0.1, 0.15) is 6.10 Å². The Balaban J connectivity index is 1.21. The van der Waals surface area contributed by atoms with Crippen LogP contribution in [0, 0.1) is 46.3 Å². The van der Waals surface area contributed by atoms with Crippen LogP contribution in [0.4, 0.5) is 10.5 Å². The Morgan fingerprint density at radius 1 is 1.03 bits per heavy atom. The van der Waals surface area contributed by atoms with E-state index in [9.17, 15) is 4.79 Å². The molecule has 0 heterocycles. The lowest BCUT2D eigenvalue weighted by Crippen LogP contribution is -2.51. The molecule has 0 radical (unpaired) electrons. The van der Waals surface area contributed by atoms with Crippen LogP contribution in [-0.4, -0.2) is 12.2 Å². The smallest absolute Gasteiger partial charge is 0.411 e. The fourth-order valence-electron chi connectivity index (χ4n) is 9.63. The van der Waals surface area contributed by atoms with Gasteiger partial charge in [0, 0.05) is 12.1 Å². The predicted octanol–water partition coefficient (Wildman–Crippen LogP) is 11.0. The van der Waals surface area contributed by atoms with Gasteiger partial charge in [0.15, 0.2) is 0 Å². The van der Waals surface area contributed by atoms with E-state index in [2.05, 4.69) is 46.0 Å². The maximum absolute atomic E-state index is 12.7. The Hall–Kier alpha value is -1.19. The van der Waals surface area contributed by atoms with Crippen molar-refractivity contribution in [3.05, 3.63) is 39.9 Å². The van der Waals surface area contributed by atoms with E-state index in [0.717, 1.165) is 54.8 Å². The van der Waals surface area contributed by atoms with E-state index in [1.54, 1.807) is 23.8 Å². The van der Waals surface area contributed by atoms with Crippen molar-refractivity contribution in [2.24, 2.45) is 46.3 Å². The fourth-order valence-corrected chi connectivity index (χ4v) is 9.92. The second-order valence-electron chi connectivity index (χ2n) is 14.3. The minimum absolute atomic E-state index is 0.0694. The van der Waals surface area contributed by atoms with Crippen LogP contribution in [0.5, 0.6) is 0 Å². The highest BCUT2D eigenvalue weighted by atomic mass is 35.5. The number of benzene rings is 1. The number of ether oxygens (including phenoxy) is 1. The van der Waals surface area contributed by atoms with Gasteiger partial charge in [-0.1, -0.05) is 88.7 Å². The average molecular weight is 575 g/mol. The van der Waals surface area contributed by atoms with Gasteiger partial charge in [0.05, 0.1) is 10.0 Å². The number of carbonyl (C=O) groups is 1. The molecule has 1 amide bonds. The van der Waals surface area contributed by atoms with Gasteiger partial charge < -0.3 is 4.74 Å². The topological polar surface area (TPSA) is 38.3 Å². The first-order valence-corrected chi connectivity index (χ1v) is 16.4. The highest BCUT2D eigenvalue weighted by Gasteiger charge is 2.59. The van der Waals surface area contributed by atoms with Crippen LogP contribution in [0.1, 0.15) is 105 Å². The second-order valence-corrected chi connectivity index (χ2v) is 15.1. The number of nitrogens with one attached hydrogen (secondary N) is 1. The summed E-state index contributed by atoms with van der Waals surface area (Å²) in [4.78, 5) is 12.7. The van der Waals surface area contributed by atoms with E-state index < -0.39 is 6.09 Å². The highest BCUT2D eigenvalue weighted by Crippen LogP contribution is 2.67. The maximum atomic E-state index is 12.7. The van der Waals surface area contributed by atoms with Gasteiger partial charge in [-0.25, -0.2) is 4.79 Å². The molecule has 5 rings (SSSR count). The molecule has 3 saturated carbocycles. The Kier molecular flexibility index (Phi) is 8.71. The largest absolute Gasteiger partial charge is 0.446 e. The Labute approximate surface area is 246 Å². The standard InChI is InChI=1S/C34H49Cl2NO2/c1-21(2)7-6-8-22(3)27-12-13-28-26-11-9-23-19-25(15-17-33(23,4)29(26)16-18-34(27,28)5)39-32(38)37-24-10-14-30(35)31(36)20-24/h9-10,14,20-22,25-29H,6-8,11-13,15-19H2,1-5H3,(H,37,38)/t22-,25+,26-,27-,28+,29-,33-,34+/m0/s1. The number of carbonyl (C=O) groups excluding carboxylic acids is 1. The van der Waals surface area contributed by atoms with Crippen LogP contribution in [0.3, 0.4) is 0 Å². The molecule has 1 aromatic carbocycles. The van der Waals surface area contributed by atoms with Crippen LogP contribution < -0.4 is 5.32 Å². The molecular weight excluding hydrogens is 525 g/mol. The van der Waals surface area contributed by atoms with E-state index in [0.29, 0.717) is 21.1 Å². The number of allylic oxidation sites excluding steroid dienone is 1. The molecule has 8 atom stereocenters. The van der Waals surface area contributed by atoms with Crippen LogP contribution in [0.2, 0.25) is 10.0 Å². The van der Waals surface area contributed by atoms with Crippen molar-refractivity contribution in [3.63, 3.8) is 0 Å². The lowest BCUT2D eigenvalue weighted by molar-refractivity contribution is -0.0577. The van der Waals surface area contributed by atoms with E-state index in [1.165, 1.54) is 51.4 Å². The first kappa shape index (κ1) is 29.3. The lowest BCUT2D eigenvalue weighted by Gasteiger charge is -2.58. The van der Waals surface area contributed by atoms with Crippen molar-refractivity contribution >= 4 is 35.0 Å². The van der Waals surface area contributed by atoms with Gasteiger partial charge >= 0.3 is 6.09 Å². The number of hydrogen-bond donors (Lipinski definition) is 1. The van der Waals surface area contributed by atoms with Crippen molar-refractivity contribution in [1.82, 2.24) is 0 Å². The quantitative estimate of drug-likeness (QED) is 0.329. The van der Waals surface area contributed by atoms with Crippen molar-refractivity contribution in [2.75, 3.05) is 5.32 Å². The van der Waals surface area contributed by atoms with Crippen molar-refractivity contribution in [2.45, 2.75) is 111 Å². The summed E-state index contributed by atoms with van der Waals surface area (Å²) in [6.45, 7) is 12.5. The minimum Gasteiger partial charge on any atom is -0.446 e. The van der Waals surface area contributed by atoms with E-state index in [1.807, 2.05) is 0 Å². The number of anilines is 1. The van der Waals surface area contributed by atoms with Gasteiger partial charge in [0.2, 0.25) is 0 Å². The summed E-state index contributed by atoms with van der Waals surface area (Å²) in [5.41, 5.74) is 2.92. The zero-order valence-electron chi connectivity index (χ0n) is 24.7. The number of amides is 1. The van der Waals surface area contributed by atoms with Crippen LogP contribution in [-0.2, 0) is 4.74 Å². The Bertz CT molecular complexity index is 1080. The number of halogens is 2. The van der Waals surface area contributed by atoms with Crippen LogP contribution in [0.25, 0.3) is 0 Å². The molecule has 1 N–H and O–H groups in total. The number of hydrogen-bond acceptors (Lipinski definition) is 2. The molecule has 4 aliphatic rings. The average Bonchev–Trinajstić information content (AvgIpc) is 3.23. The molecule has 5 heteroatoms. The molecule has 1 aromatic rings. The van der Waals surface area contributed by atoms with E-state index in [4.69, 9.17) is 27.9 Å². The summed E-state index contributed by atoms with van der Waals surface area (Å²) in [7, 11) is 0. The molecular formula is C34H49Cl2NO2. The van der Waals surface area contributed by atoms with Crippen molar-refractivity contribution in [1.29, 1.82) is 0 Å². The maximum Gasteiger partial charge on any atom is 0.411 e. The normalized spacial score (nSPS) is 36.4. The summed E-state index contributed by atoms with van der Waals surface area (Å²) >= 11 is 12.1. The third-order valence-electron chi connectivity index (χ3n) is 11.7. The molecule has 0 unspecified atom stereocenters. The molecule has 3 nitrogen and oxygen atoms in total. The third-order valence-corrected chi connectivity index (χ3v) is 12.4. The number of rotatable bonds is 7. The molecule has 3 fully saturated rings. The Morgan fingerprint density at radius 2 is 1.82 bits per heavy atom. The summed E-state index contributed by atoms with van der Waals surface area (Å²) in [5.74, 6) is 5.03. The van der Waals surface area contributed by atoms with Gasteiger partial charge in [-0.15, -0.1) is 0 Å².